The van der Waals surface area contributed by atoms with Gasteiger partial charge >= 0.3 is 0 Å². The second-order valence-electron chi connectivity index (χ2n) is 3.48. The quantitative estimate of drug-likeness (QED) is 0.435. The van der Waals surface area contributed by atoms with Crippen molar-refractivity contribution in [2.24, 2.45) is 10.9 Å². The summed E-state index contributed by atoms with van der Waals surface area (Å²) in [7, 11) is 1.56. The smallest absolute Gasteiger partial charge is 0.189 e. The van der Waals surface area contributed by atoms with E-state index in [-0.39, 0.29) is 0 Å². The van der Waals surface area contributed by atoms with Crippen molar-refractivity contribution >= 4 is 5.84 Å². The molecule has 0 unspecified atom stereocenters. The Morgan fingerprint density at radius 2 is 2.22 bits per heavy atom. The Kier molecular flexibility index (Phi) is 6.02. The average Bonchev–Trinajstić information content (AvgIpc) is 2.90. The van der Waals surface area contributed by atoms with Gasteiger partial charge < -0.3 is 15.1 Å². The van der Waals surface area contributed by atoms with Crippen LogP contribution in [-0.4, -0.2) is 26.0 Å². The van der Waals surface area contributed by atoms with E-state index in [1.54, 1.807) is 13.3 Å². The number of nitriles is 2. The molecule has 1 aromatic rings. The minimum atomic E-state index is -0.833. The van der Waals surface area contributed by atoms with Crippen LogP contribution in [0.15, 0.2) is 27.8 Å². The van der Waals surface area contributed by atoms with Gasteiger partial charge in [-0.05, 0) is 12.1 Å². The van der Waals surface area contributed by atoms with Crippen LogP contribution in [0.1, 0.15) is 5.76 Å². The van der Waals surface area contributed by atoms with Crippen LogP contribution in [-0.2, 0) is 6.54 Å². The zero-order valence-corrected chi connectivity index (χ0v) is 10.2. The van der Waals surface area contributed by atoms with Gasteiger partial charge in [-0.2, -0.15) is 10.5 Å². The Morgan fingerprint density at radius 1 is 1.44 bits per heavy atom. The summed E-state index contributed by atoms with van der Waals surface area (Å²) < 4.78 is 5.16. The molecule has 0 saturated carbocycles. The number of hydrogen-bond donors (Lipinski definition) is 2. The van der Waals surface area contributed by atoms with E-state index in [0.29, 0.717) is 25.5 Å². The Balaban J connectivity index is 2.21. The molecule has 6 heteroatoms. The Bertz CT molecular complexity index is 438. The molecule has 0 atom stereocenters. The van der Waals surface area contributed by atoms with E-state index in [1.165, 1.54) is 0 Å². The second kappa shape index (κ2) is 7.88. The topological polar surface area (TPSA) is 97.1 Å². The van der Waals surface area contributed by atoms with Crippen LogP contribution in [0.5, 0.6) is 0 Å². The lowest BCUT2D eigenvalue weighted by molar-refractivity contribution is 0.483. The predicted molar refractivity (Wildman–Crippen MR) is 66.5 cm³/mol. The third-order valence-corrected chi connectivity index (χ3v) is 2.26. The minimum Gasteiger partial charge on any atom is -0.468 e. The lowest BCUT2D eigenvalue weighted by Gasteiger charge is -2.09. The maximum absolute atomic E-state index is 8.73. The molecule has 1 heterocycles. The van der Waals surface area contributed by atoms with Crippen LogP contribution in [0, 0.1) is 28.6 Å². The molecule has 0 aliphatic heterocycles. The standard InChI is InChI=1S/C12H15N5O/c1-15-12(10(7-13)8-14)17-5-4-16-9-11-3-2-6-18-11/h2-3,6,10,16H,4-5,9H2,1H3,(H,15,17). The van der Waals surface area contributed by atoms with Crippen molar-refractivity contribution in [1.29, 1.82) is 10.5 Å². The third kappa shape index (κ3) is 4.28. The van der Waals surface area contributed by atoms with Crippen molar-refractivity contribution in [2.45, 2.75) is 6.54 Å². The van der Waals surface area contributed by atoms with Crippen molar-refractivity contribution in [3.05, 3.63) is 24.2 Å². The first-order chi connectivity index (χ1) is 8.81. The predicted octanol–water partition coefficient (Wildman–Crippen LogP) is 0.650. The molecule has 1 aromatic heterocycles. The minimum absolute atomic E-state index is 0.403. The van der Waals surface area contributed by atoms with Crippen molar-refractivity contribution in [2.75, 3.05) is 20.1 Å². The van der Waals surface area contributed by atoms with E-state index < -0.39 is 5.92 Å². The average molecular weight is 245 g/mol. The summed E-state index contributed by atoms with van der Waals surface area (Å²) in [5, 5.41) is 23.6. The summed E-state index contributed by atoms with van der Waals surface area (Å²) in [5.41, 5.74) is 0. The van der Waals surface area contributed by atoms with Crippen molar-refractivity contribution in [3.8, 4) is 12.1 Å². The highest BCUT2D eigenvalue weighted by Gasteiger charge is 2.12. The molecule has 0 aromatic carbocycles. The van der Waals surface area contributed by atoms with Gasteiger partial charge in [0.25, 0.3) is 0 Å². The van der Waals surface area contributed by atoms with Gasteiger partial charge in [0.15, 0.2) is 5.92 Å². The number of nitrogens with zero attached hydrogens (tertiary/aromatic N) is 3. The fraction of sp³-hybridized carbons (Fsp3) is 0.417. The maximum atomic E-state index is 8.73. The molecule has 18 heavy (non-hydrogen) atoms. The lowest BCUT2D eigenvalue weighted by atomic mass is 10.2. The fourth-order valence-electron chi connectivity index (χ4n) is 1.37. The van der Waals surface area contributed by atoms with Crippen molar-refractivity contribution in [3.63, 3.8) is 0 Å². The summed E-state index contributed by atoms with van der Waals surface area (Å²) in [5.74, 6) is 0.436. The van der Waals surface area contributed by atoms with Gasteiger partial charge in [-0.25, -0.2) is 0 Å². The van der Waals surface area contributed by atoms with Gasteiger partial charge in [0.1, 0.15) is 11.6 Å². The summed E-state index contributed by atoms with van der Waals surface area (Å²) in [6.07, 6.45) is 1.63. The summed E-state index contributed by atoms with van der Waals surface area (Å²) >= 11 is 0. The van der Waals surface area contributed by atoms with Crippen LogP contribution in [0.3, 0.4) is 0 Å². The molecular formula is C12H15N5O. The zero-order valence-electron chi connectivity index (χ0n) is 10.2. The van der Waals surface area contributed by atoms with Crippen LogP contribution >= 0.6 is 0 Å². The molecule has 0 bridgehead atoms. The highest BCUT2D eigenvalue weighted by molar-refractivity contribution is 5.88. The number of amidine groups is 1. The third-order valence-electron chi connectivity index (χ3n) is 2.26. The molecule has 0 spiro atoms. The van der Waals surface area contributed by atoms with E-state index in [4.69, 9.17) is 14.9 Å². The van der Waals surface area contributed by atoms with Gasteiger partial charge in [-0.3, -0.25) is 4.99 Å². The van der Waals surface area contributed by atoms with Gasteiger partial charge in [0, 0.05) is 20.1 Å². The van der Waals surface area contributed by atoms with Crippen molar-refractivity contribution in [1.82, 2.24) is 10.6 Å². The fourth-order valence-corrected chi connectivity index (χ4v) is 1.37. The Morgan fingerprint density at radius 3 is 2.78 bits per heavy atom. The van der Waals surface area contributed by atoms with Crippen molar-refractivity contribution < 1.29 is 4.42 Å². The number of aliphatic imine (C=N–C) groups is 1. The molecule has 94 valence electrons. The largest absolute Gasteiger partial charge is 0.468 e. The normalized spacial score (nSPS) is 11.0. The molecule has 1 rings (SSSR count). The maximum Gasteiger partial charge on any atom is 0.189 e. The van der Waals surface area contributed by atoms with Crippen LogP contribution in [0.25, 0.3) is 0 Å². The first kappa shape index (κ1) is 13.8. The second-order valence-corrected chi connectivity index (χ2v) is 3.48. The van der Waals surface area contributed by atoms with E-state index in [2.05, 4.69) is 15.6 Å². The van der Waals surface area contributed by atoms with Gasteiger partial charge in [0.05, 0.1) is 24.9 Å². The number of nitrogens with one attached hydrogen (secondary N) is 2. The summed E-state index contributed by atoms with van der Waals surface area (Å²) in [6, 6.07) is 7.48. The van der Waals surface area contributed by atoms with Crippen LogP contribution < -0.4 is 10.6 Å². The molecule has 0 fully saturated rings. The monoisotopic (exact) mass is 245 g/mol. The number of furan rings is 1. The van der Waals surface area contributed by atoms with E-state index in [9.17, 15) is 0 Å². The van der Waals surface area contributed by atoms with Gasteiger partial charge in [-0.1, -0.05) is 0 Å². The highest BCUT2D eigenvalue weighted by atomic mass is 16.3. The molecule has 2 N–H and O–H groups in total. The Labute approximate surface area is 106 Å². The van der Waals surface area contributed by atoms with E-state index in [1.807, 2.05) is 24.3 Å². The Hall–Kier alpha value is -2.31. The molecule has 0 radical (unpaired) electrons. The SMILES string of the molecule is CN=C(NCCNCc1ccco1)C(C#N)C#N. The zero-order chi connectivity index (χ0) is 13.2. The molecule has 0 aliphatic carbocycles. The number of rotatable bonds is 6. The molecule has 0 amide bonds. The molecule has 0 saturated heterocycles. The lowest BCUT2D eigenvalue weighted by Crippen LogP contribution is -2.35. The summed E-state index contributed by atoms with van der Waals surface area (Å²) in [4.78, 5) is 3.89. The van der Waals surface area contributed by atoms with Crippen LogP contribution in [0.4, 0.5) is 0 Å². The molecular weight excluding hydrogens is 230 g/mol. The summed E-state index contributed by atoms with van der Waals surface area (Å²) in [6.45, 7) is 1.92. The molecule has 6 nitrogen and oxygen atoms in total. The number of hydrogen-bond acceptors (Lipinski definition) is 5. The first-order valence-corrected chi connectivity index (χ1v) is 5.54. The van der Waals surface area contributed by atoms with Gasteiger partial charge in [-0.15, -0.1) is 0 Å². The van der Waals surface area contributed by atoms with E-state index >= 15 is 0 Å². The molecule has 0 aliphatic rings. The highest BCUT2D eigenvalue weighted by Crippen LogP contribution is 1.98. The van der Waals surface area contributed by atoms with Crippen LogP contribution in [0.2, 0.25) is 0 Å². The van der Waals surface area contributed by atoms with E-state index in [0.717, 1.165) is 5.76 Å². The first-order valence-electron chi connectivity index (χ1n) is 5.54. The van der Waals surface area contributed by atoms with Gasteiger partial charge in [0.2, 0.25) is 0 Å².